The van der Waals surface area contributed by atoms with Gasteiger partial charge in [-0.3, -0.25) is 14.4 Å². The molecule has 3 amide bonds. The van der Waals surface area contributed by atoms with E-state index in [-0.39, 0.29) is 24.1 Å². The van der Waals surface area contributed by atoms with E-state index in [2.05, 4.69) is 10.6 Å². The summed E-state index contributed by atoms with van der Waals surface area (Å²) in [5.41, 5.74) is 2.18. The van der Waals surface area contributed by atoms with Gasteiger partial charge in [-0.15, -0.1) is 0 Å². The number of amides is 3. The van der Waals surface area contributed by atoms with Crippen LogP contribution in [0.15, 0.2) is 48.5 Å². The molecule has 1 saturated heterocycles. The van der Waals surface area contributed by atoms with Crippen LogP contribution >= 0.6 is 11.6 Å². The van der Waals surface area contributed by atoms with Crippen molar-refractivity contribution in [1.82, 2.24) is 5.32 Å². The Bertz CT molecular complexity index is 867. The number of anilines is 2. The minimum Gasteiger partial charge on any atom is -0.326 e. The highest BCUT2D eigenvalue weighted by molar-refractivity contribution is 6.30. The van der Waals surface area contributed by atoms with Gasteiger partial charge < -0.3 is 10.6 Å². The molecule has 0 saturated carbocycles. The fraction of sp³-hybridized carbons (Fsp3) is 0.250. The van der Waals surface area contributed by atoms with E-state index in [1.807, 2.05) is 24.3 Å². The zero-order valence-corrected chi connectivity index (χ0v) is 15.6. The summed E-state index contributed by atoms with van der Waals surface area (Å²) in [5, 5.41) is 6.48. The van der Waals surface area contributed by atoms with E-state index in [1.165, 1.54) is 11.8 Å². The number of halogens is 1. The molecule has 0 radical (unpaired) electrons. The van der Waals surface area contributed by atoms with Crippen LogP contribution in [0, 0.1) is 0 Å². The smallest absolute Gasteiger partial charge is 0.251 e. The highest BCUT2D eigenvalue weighted by atomic mass is 35.5. The Kier molecular flexibility index (Phi) is 5.88. The topological polar surface area (TPSA) is 78.5 Å². The van der Waals surface area contributed by atoms with Crippen LogP contribution in [0.4, 0.5) is 11.4 Å². The van der Waals surface area contributed by atoms with E-state index in [4.69, 9.17) is 11.6 Å². The molecule has 1 atom stereocenters. The van der Waals surface area contributed by atoms with Crippen LogP contribution in [0.1, 0.15) is 18.9 Å². The molecule has 0 bridgehead atoms. The average Bonchev–Trinajstić information content (AvgIpc) is 2.89. The summed E-state index contributed by atoms with van der Waals surface area (Å²) in [4.78, 5) is 37.2. The molecule has 1 aliphatic heterocycles. The Morgan fingerprint density at radius 1 is 1.19 bits per heavy atom. The molecule has 2 aromatic carbocycles. The summed E-state index contributed by atoms with van der Waals surface area (Å²) >= 11 is 5.97. The zero-order chi connectivity index (χ0) is 19.4. The van der Waals surface area contributed by atoms with Crippen LogP contribution in [0.25, 0.3) is 0 Å². The molecule has 27 heavy (non-hydrogen) atoms. The minimum atomic E-state index is -0.535. The maximum absolute atomic E-state index is 12.6. The fourth-order valence-corrected chi connectivity index (χ4v) is 3.26. The molecule has 3 rings (SSSR count). The van der Waals surface area contributed by atoms with Gasteiger partial charge in [-0.25, -0.2) is 4.90 Å². The third-order valence-corrected chi connectivity index (χ3v) is 4.52. The maximum Gasteiger partial charge on any atom is 0.251 e. The van der Waals surface area contributed by atoms with E-state index in [0.717, 1.165) is 5.56 Å². The third-order valence-electron chi connectivity index (χ3n) is 4.29. The summed E-state index contributed by atoms with van der Waals surface area (Å²) in [6.45, 7) is 1.99. The summed E-state index contributed by atoms with van der Waals surface area (Å²) < 4.78 is 0. The van der Waals surface area contributed by atoms with Crippen LogP contribution in [0.2, 0.25) is 5.02 Å². The summed E-state index contributed by atoms with van der Waals surface area (Å²) in [5.74, 6) is -0.689. The number of imide groups is 1. The molecule has 2 N–H and O–H groups in total. The predicted octanol–water partition coefficient (Wildman–Crippen LogP) is 2.76. The summed E-state index contributed by atoms with van der Waals surface area (Å²) in [7, 11) is 0. The number of hydrogen-bond donors (Lipinski definition) is 2. The zero-order valence-electron chi connectivity index (χ0n) is 14.9. The fourth-order valence-electron chi connectivity index (χ4n) is 3.04. The number of carbonyl (C=O) groups is 3. The highest BCUT2D eigenvalue weighted by Gasteiger charge is 2.39. The largest absolute Gasteiger partial charge is 0.326 e. The van der Waals surface area contributed by atoms with Crippen LogP contribution in [-0.2, 0) is 20.8 Å². The van der Waals surface area contributed by atoms with Crippen LogP contribution in [-0.4, -0.2) is 30.3 Å². The van der Waals surface area contributed by atoms with Crippen molar-refractivity contribution in [2.75, 3.05) is 16.8 Å². The van der Waals surface area contributed by atoms with Crippen molar-refractivity contribution >= 4 is 40.7 Å². The molecule has 140 valence electrons. The quantitative estimate of drug-likeness (QED) is 0.749. The normalized spacial score (nSPS) is 16.7. The number of benzene rings is 2. The van der Waals surface area contributed by atoms with Gasteiger partial charge >= 0.3 is 0 Å². The second kappa shape index (κ2) is 8.33. The third kappa shape index (κ3) is 4.72. The van der Waals surface area contributed by atoms with E-state index < -0.39 is 6.04 Å². The first-order valence-corrected chi connectivity index (χ1v) is 9.04. The number of carbonyl (C=O) groups excluding carboxylic acids is 3. The SMILES string of the molecule is CC(=O)Nc1ccc(N2C(=O)CC(NCCc3cccc(Cl)c3)C2=O)cc1. The van der Waals surface area contributed by atoms with Crippen LogP contribution in [0.5, 0.6) is 0 Å². The van der Waals surface area contributed by atoms with Gasteiger partial charge in [0, 0.05) is 17.6 Å². The lowest BCUT2D eigenvalue weighted by atomic mass is 10.1. The second-order valence-electron chi connectivity index (χ2n) is 6.39. The second-order valence-corrected chi connectivity index (χ2v) is 6.82. The lowest BCUT2D eigenvalue weighted by molar-refractivity contribution is -0.121. The van der Waals surface area contributed by atoms with E-state index in [1.54, 1.807) is 24.3 Å². The monoisotopic (exact) mass is 385 g/mol. The van der Waals surface area contributed by atoms with Crippen molar-refractivity contribution in [2.45, 2.75) is 25.8 Å². The average molecular weight is 386 g/mol. The first-order chi connectivity index (χ1) is 12.9. The Morgan fingerprint density at radius 3 is 2.59 bits per heavy atom. The number of nitrogens with zero attached hydrogens (tertiary/aromatic N) is 1. The number of nitrogens with one attached hydrogen (secondary N) is 2. The van der Waals surface area contributed by atoms with Gasteiger partial charge in [0.25, 0.3) is 5.91 Å². The van der Waals surface area contributed by atoms with Crippen molar-refractivity contribution in [3.8, 4) is 0 Å². The molecule has 1 unspecified atom stereocenters. The van der Waals surface area contributed by atoms with Crippen molar-refractivity contribution in [2.24, 2.45) is 0 Å². The van der Waals surface area contributed by atoms with Gasteiger partial charge in [0.1, 0.15) is 0 Å². The van der Waals surface area contributed by atoms with Gasteiger partial charge in [-0.2, -0.15) is 0 Å². The lowest BCUT2D eigenvalue weighted by Gasteiger charge is -2.16. The van der Waals surface area contributed by atoms with Gasteiger partial charge in [-0.1, -0.05) is 23.7 Å². The van der Waals surface area contributed by atoms with Crippen molar-refractivity contribution in [1.29, 1.82) is 0 Å². The van der Waals surface area contributed by atoms with Crippen molar-refractivity contribution in [3.63, 3.8) is 0 Å². The summed E-state index contributed by atoms with van der Waals surface area (Å²) in [6, 6.07) is 13.6. The standard InChI is InChI=1S/C20H20ClN3O3/c1-13(25)23-16-5-7-17(8-6-16)24-19(26)12-18(20(24)27)22-10-9-14-3-2-4-15(21)11-14/h2-8,11,18,22H,9-10,12H2,1H3,(H,23,25). The molecule has 2 aromatic rings. The van der Waals surface area contributed by atoms with Gasteiger partial charge in [0.2, 0.25) is 11.8 Å². The first kappa shape index (κ1) is 19.1. The van der Waals surface area contributed by atoms with Crippen molar-refractivity contribution < 1.29 is 14.4 Å². The Labute approximate surface area is 162 Å². The molecule has 6 nitrogen and oxygen atoms in total. The number of hydrogen-bond acceptors (Lipinski definition) is 4. The van der Waals surface area contributed by atoms with Crippen LogP contribution in [0.3, 0.4) is 0 Å². The lowest BCUT2D eigenvalue weighted by Crippen LogP contribution is -2.39. The van der Waals surface area contributed by atoms with Gasteiger partial charge in [0.05, 0.1) is 18.2 Å². The molecular formula is C20H20ClN3O3. The predicted molar refractivity (Wildman–Crippen MR) is 105 cm³/mol. The molecule has 7 heteroatoms. The molecule has 0 aliphatic carbocycles. The molecule has 0 spiro atoms. The Hall–Kier alpha value is -2.70. The van der Waals surface area contributed by atoms with Crippen LogP contribution < -0.4 is 15.5 Å². The van der Waals surface area contributed by atoms with E-state index in [0.29, 0.717) is 29.4 Å². The van der Waals surface area contributed by atoms with E-state index in [9.17, 15) is 14.4 Å². The molecule has 1 heterocycles. The highest BCUT2D eigenvalue weighted by Crippen LogP contribution is 2.24. The molecule has 0 aromatic heterocycles. The summed E-state index contributed by atoms with van der Waals surface area (Å²) in [6.07, 6.45) is 0.839. The van der Waals surface area contributed by atoms with Gasteiger partial charge in [0.15, 0.2) is 0 Å². The van der Waals surface area contributed by atoms with Gasteiger partial charge in [-0.05, 0) is 54.9 Å². The maximum atomic E-state index is 12.6. The minimum absolute atomic E-state index is 0.127. The first-order valence-electron chi connectivity index (χ1n) is 8.66. The van der Waals surface area contributed by atoms with E-state index >= 15 is 0 Å². The molecule has 1 fully saturated rings. The Morgan fingerprint density at radius 2 is 1.93 bits per heavy atom. The molecular weight excluding hydrogens is 366 g/mol. The van der Waals surface area contributed by atoms with Crippen molar-refractivity contribution in [3.05, 3.63) is 59.1 Å². The number of rotatable bonds is 6. The molecule has 1 aliphatic rings. The Balaban J connectivity index is 1.60.